The van der Waals surface area contributed by atoms with E-state index in [-0.39, 0.29) is 11.9 Å². The van der Waals surface area contributed by atoms with Gasteiger partial charge in [-0.3, -0.25) is 19.9 Å². The van der Waals surface area contributed by atoms with E-state index in [2.05, 4.69) is 20.9 Å². The van der Waals surface area contributed by atoms with Gasteiger partial charge in [-0.1, -0.05) is 72.8 Å². The van der Waals surface area contributed by atoms with Crippen molar-refractivity contribution in [3.8, 4) is 0 Å². The molecule has 1 amide bonds. The molecule has 4 rings (SSSR count). The molecule has 4 N–H and O–H groups in total. The van der Waals surface area contributed by atoms with Gasteiger partial charge in [-0.25, -0.2) is 0 Å². The van der Waals surface area contributed by atoms with E-state index >= 15 is 0 Å². The predicted molar refractivity (Wildman–Crippen MR) is 143 cm³/mol. The monoisotopic (exact) mass is 499 g/mol. The maximum Gasteiger partial charge on any atom is 0.251 e. The topological polar surface area (TPSA) is 107 Å². The van der Waals surface area contributed by atoms with Gasteiger partial charge in [0.05, 0.1) is 13.2 Å². The molecule has 0 unspecified atom stereocenters. The van der Waals surface area contributed by atoms with Gasteiger partial charge in [0.1, 0.15) is 5.54 Å². The van der Waals surface area contributed by atoms with E-state index in [1.807, 2.05) is 78.9 Å². The zero-order valence-corrected chi connectivity index (χ0v) is 20.8. The van der Waals surface area contributed by atoms with Crippen molar-refractivity contribution in [1.29, 1.82) is 5.41 Å². The summed E-state index contributed by atoms with van der Waals surface area (Å²) < 4.78 is 5.36. The number of rotatable bonds is 10. The summed E-state index contributed by atoms with van der Waals surface area (Å²) in [5.41, 5.74) is 1.67. The van der Waals surface area contributed by atoms with Crippen molar-refractivity contribution >= 4 is 18.2 Å². The second-order valence-electron chi connectivity index (χ2n) is 8.92. The van der Waals surface area contributed by atoms with Crippen molar-refractivity contribution in [2.24, 2.45) is 0 Å². The lowest BCUT2D eigenvalue weighted by atomic mass is 9.84. The van der Waals surface area contributed by atoms with Gasteiger partial charge in [0.15, 0.2) is 12.2 Å². The summed E-state index contributed by atoms with van der Waals surface area (Å²) in [6, 6.07) is 26.0. The molecule has 1 aliphatic rings. The summed E-state index contributed by atoms with van der Waals surface area (Å²) in [4.78, 5) is 27.4. The minimum atomic E-state index is -1.21. The maximum absolute atomic E-state index is 12.6. The fourth-order valence-electron chi connectivity index (χ4n) is 4.39. The van der Waals surface area contributed by atoms with E-state index in [0.717, 1.165) is 55.8 Å². The lowest BCUT2D eigenvalue weighted by Crippen LogP contribution is -2.52. The van der Waals surface area contributed by atoms with Crippen molar-refractivity contribution in [3.63, 3.8) is 0 Å². The van der Waals surface area contributed by atoms with Crippen molar-refractivity contribution < 1.29 is 14.3 Å². The molecule has 3 aromatic carbocycles. The third-order valence-electron chi connectivity index (χ3n) is 6.43. The number of ether oxygens (including phenoxy) is 1. The molecule has 0 aliphatic carbocycles. The predicted octanol–water partition coefficient (Wildman–Crippen LogP) is 2.51. The SMILES string of the molecule is N=C(NCc1cccc(C(=O)NCCN2CCOCC2)c1)NC(C=O)(c1ccccc1)c1ccccc1. The second kappa shape index (κ2) is 12.8. The van der Waals surface area contributed by atoms with Crippen LogP contribution in [0.1, 0.15) is 27.0 Å². The smallest absolute Gasteiger partial charge is 0.251 e. The number of carbonyl (C=O) groups excluding carboxylic acids is 2. The Hall–Kier alpha value is -4.01. The van der Waals surface area contributed by atoms with Gasteiger partial charge in [0.2, 0.25) is 0 Å². The lowest BCUT2D eigenvalue weighted by molar-refractivity contribution is -0.111. The highest BCUT2D eigenvalue weighted by Gasteiger charge is 2.34. The third-order valence-corrected chi connectivity index (χ3v) is 6.43. The molecule has 0 radical (unpaired) electrons. The molecule has 1 heterocycles. The number of hydrogen-bond acceptors (Lipinski definition) is 5. The molecule has 1 aliphatic heterocycles. The number of amides is 1. The van der Waals surface area contributed by atoms with E-state index < -0.39 is 5.54 Å². The van der Waals surface area contributed by atoms with Crippen LogP contribution >= 0.6 is 0 Å². The van der Waals surface area contributed by atoms with Gasteiger partial charge in [-0.2, -0.15) is 0 Å². The first-order valence-corrected chi connectivity index (χ1v) is 12.5. The molecule has 0 saturated carbocycles. The average molecular weight is 500 g/mol. The summed E-state index contributed by atoms with van der Waals surface area (Å²) >= 11 is 0. The van der Waals surface area contributed by atoms with Crippen LogP contribution in [0, 0.1) is 5.41 Å². The third kappa shape index (κ3) is 6.81. The Bertz CT molecular complexity index is 1140. The molecule has 0 bridgehead atoms. The molecular weight excluding hydrogens is 466 g/mol. The minimum absolute atomic E-state index is 0.000159. The molecule has 37 heavy (non-hydrogen) atoms. The standard InChI is InChI=1S/C29H33N5O3/c30-28(33-29(22-35,25-10-3-1-4-11-25)26-12-5-2-6-13-26)32-21-23-8-7-9-24(20-23)27(36)31-14-15-34-16-18-37-19-17-34/h1-13,20,22H,14-19,21H2,(H,31,36)(H3,30,32,33). The fourth-order valence-corrected chi connectivity index (χ4v) is 4.39. The van der Waals surface area contributed by atoms with Gasteiger partial charge < -0.3 is 20.7 Å². The van der Waals surface area contributed by atoms with Gasteiger partial charge in [0, 0.05) is 38.3 Å². The largest absolute Gasteiger partial charge is 0.379 e. The molecule has 0 atom stereocenters. The molecule has 0 aromatic heterocycles. The summed E-state index contributed by atoms with van der Waals surface area (Å²) in [6.07, 6.45) is 0.829. The van der Waals surface area contributed by atoms with Crippen LogP contribution in [-0.2, 0) is 21.6 Å². The number of morpholine rings is 1. The van der Waals surface area contributed by atoms with Crippen LogP contribution < -0.4 is 16.0 Å². The van der Waals surface area contributed by atoms with Crippen molar-refractivity contribution in [1.82, 2.24) is 20.9 Å². The van der Waals surface area contributed by atoms with Crippen molar-refractivity contribution in [3.05, 3.63) is 107 Å². The van der Waals surface area contributed by atoms with E-state index in [1.54, 1.807) is 6.07 Å². The van der Waals surface area contributed by atoms with Crippen LogP contribution in [-0.4, -0.2) is 62.4 Å². The molecule has 1 fully saturated rings. The molecule has 192 valence electrons. The Morgan fingerprint density at radius 1 is 0.919 bits per heavy atom. The Morgan fingerprint density at radius 2 is 1.57 bits per heavy atom. The van der Waals surface area contributed by atoms with Crippen LogP contribution in [0.25, 0.3) is 0 Å². The van der Waals surface area contributed by atoms with E-state index in [4.69, 9.17) is 10.1 Å². The number of nitrogens with zero attached hydrogens (tertiary/aromatic N) is 1. The number of nitrogens with one attached hydrogen (secondary N) is 4. The van der Waals surface area contributed by atoms with E-state index in [0.29, 0.717) is 18.7 Å². The van der Waals surface area contributed by atoms with Crippen molar-refractivity contribution in [2.45, 2.75) is 12.1 Å². The molecule has 8 nitrogen and oxygen atoms in total. The molecule has 0 spiro atoms. The van der Waals surface area contributed by atoms with E-state index in [1.165, 1.54) is 0 Å². The summed E-state index contributed by atoms with van der Waals surface area (Å²) in [5, 5.41) is 17.7. The first kappa shape index (κ1) is 26.1. The molecular formula is C29H33N5O3. The minimum Gasteiger partial charge on any atom is -0.379 e. The number of aldehydes is 1. The highest BCUT2D eigenvalue weighted by atomic mass is 16.5. The van der Waals surface area contributed by atoms with Crippen LogP contribution in [0.3, 0.4) is 0 Å². The number of carbonyl (C=O) groups is 2. The summed E-state index contributed by atoms with van der Waals surface area (Å²) in [7, 11) is 0. The van der Waals surface area contributed by atoms with Gasteiger partial charge in [0.25, 0.3) is 5.91 Å². The fraction of sp³-hybridized carbons (Fsp3) is 0.276. The molecule has 8 heteroatoms. The van der Waals surface area contributed by atoms with Crippen LogP contribution in [0.2, 0.25) is 0 Å². The Morgan fingerprint density at radius 3 is 2.19 bits per heavy atom. The average Bonchev–Trinajstić information content (AvgIpc) is 2.96. The summed E-state index contributed by atoms with van der Waals surface area (Å²) in [5.74, 6) is -0.128. The quantitative estimate of drug-likeness (QED) is 0.194. The number of benzene rings is 3. The molecule has 3 aromatic rings. The Kier molecular flexibility index (Phi) is 9.02. The van der Waals surface area contributed by atoms with Gasteiger partial charge in [-0.15, -0.1) is 0 Å². The number of guanidine groups is 1. The highest BCUT2D eigenvalue weighted by molar-refractivity contribution is 5.94. The van der Waals surface area contributed by atoms with Crippen molar-refractivity contribution in [2.75, 3.05) is 39.4 Å². The normalized spacial score (nSPS) is 13.9. The first-order chi connectivity index (χ1) is 18.1. The van der Waals surface area contributed by atoms with Crippen LogP contribution in [0.4, 0.5) is 0 Å². The maximum atomic E-state index is 12.6. The number of hydrogen-bond donors (Lipinski definition) is 4. The van der Waals surface area contributed by atoms with Crippen LogP contribution in [0.5, 0.6) is 0 Å². The Labute approximate surface area is 217 Å². The zero-order chi connectivity index (χ0) is 25.9. The van der Waals surface area contributed by atoms with E-state index in [9.17, 15) is 9.59 Å². The van der Waals surface area contributed by atoms with Gasteiger partial charge in [-0.05, 0) is 28.8 Å². The molecule has 1 saturated heterocycles. The zero-order valence-electron chi connectivity index (χ0n) is 20.8. The Balaban J connectivity index is 1.37. The highest BCUT2D eigenvalue weighted by Crippen LogP contribution is 2.27. The lowest BCUT2D eigenvalue weighted by Gasteiger charge is -2.31. The van der Waals surface area contributed by atoms with Crippen LogP contribution in [0.15, 0.2) is 84.9 Å². The summed E-state index contributed by atoms with van der Waals surface area (Å²) in [6.45, 7) is 4.92. The first-order valence-electron chi connectivity index (χ1n) is 12.5. The van der Waals surface area contributed by atoms with Gasteiger partial charge >= 0.3 is 0 Å². The second-order valence-corrected chi connectivity index (χ2v) is 8.92.